The van der Waals surface area contributed by atoms with Crippen LogP contribution in [0.15, 0.2) is 23.1 Å². The highest BCUT2D eigenvalue weighted by molar-refractivity contribution is 7.89. The largest absolute Gasteiger partial charge is 0.349 e. The standard InChI is InChI=1S/C18H23ClN2O3S/c19-15-6-5-14(11-17(15)25(23,24)21-7-1-2-8-21)18(22)20-16-10-12-3-4-13(16)9-12/h5-6,11-13,16H,1-4,7-10H2,(H,20,22)/t12-,13-,16-/m1/s1. The van der Waals surface area contributed by atoms with Crippen LogP contribution in [0, 0.1) is 11.8 Å². The molecule has 1 amide bonds. The van der Waals surface area contributed by atoms with Crippen molar-refractivity contribution < 1.29 is 13.2 Å². The Morgan fingerprint density at radius 2 is 1.92 bits per heavy atom. The zero-order valence-electron chi connectivity index (χ0n) is 14.1. The van der Waals surface area contributed by atoms with Crippen LogP contribution in [-0.4, -0.2) is 37.8 Å². The van der Waals surface area contributed by atoms with Gasteiger partial charge in [0.05, 0.1) is 5.02 Å². The first-order chi connectivity index (χ1) is 11.9. The van der Waals surface area contributed by atoms with Gasteiger partial charge in [-0.05, 0) is 62.1 Å². The first kappa shape index (κ1) is 17.3. The fraction of sp³-hybridized carbons (Fsp3) is 0.611. The van der Waals surface area contributed by atoms with Gasteiger partial charge in [0.2, 0.25) is 10.0 Å². The van der Waals surface area contributed by atoms with Crippen molar-refractivity contribution in [2.45, 2.75) is 49.5 Å². The van der Waals surface area contributed by atoms with E-state index in [1.54, 1.807) is 6.07 Å². The smallest absolute Gasteiger partial charge is 0.251 e. The molecule has 7 heteroatoms. The van der Waals surface area contributed by atoms with Crippen molar-refractivity contribution in [2.75, 3.05) is 13.1 Å². The van der Waals surface area contributed by atoms with E-state index < -0.39 is 10.0 Å². The number of hydrogen-bond donors (Lipinski definition) is 1. The summed E-state index contributed by atoms with van der Waals surface area (Å²) >= 11 is 6.15. The van der Waals surface area contributed by atoms with Gasteiger partial charge < -0.3 is 5.32 Å². The summed E-state index contributed by atoms with van der Waals surface area (Å²) in [7, 11) is -3.64. The number of carbonyl (C=O) groups is 1. The second-order valence-corrected chi connectivity index (χ2v) is 9.82. The summed E-state index contributed by atoms with van der Waals surface area (Å²) in [6.45, 7) is 1.03. The number of sulfonamides is 1. The molecular formula is C18H23ClN2O3S. The predicted octanol–water partition coefficient (Wildman–Crippen LogP) is 3.04. The van der Waals surface area contributed by atoms with Gasteiger partial charge in [0.25, 0.3) is 5.91 Å². The van der Waals surface area contributed by atoms with Crippen LogP contribution >= 0.6 is 11.6 Å². The van der Waals surface area contributed by atoms with Crippen LogP contribution in [0.5, 0.6) is 0 Å². The third kappa shape index (κ3) is 3.20. The number of fused-ring (bicyclic) bond motifs is 2. The van der Waals surface area contributed by atoms with E-state index in [0.29, 0.717) is 24.6 Å². The first-order valence-corrected chi connectivity index (χ1v) is 10.9. The quantitative estimate of drug-likeness (QED) is 0.870. The summed E-state index contributed by atoms with van der Waals surface area (Å²) in [5.41, 5.74) is 0.366. The van der Waals surface area contributed by atoms with Gasteiger partial charge in [-0.2, -0.15) is 4.31 Å². The molecule has 0 unspecified atom stereocenters. The number of benzene rings is 1. The lowest BCUT2D eigenvalue weighted by atomic mass is 9.95. The molecule has 136 valence electrons. The van der Waals surface area contributed by atoms with Crippen molar-refractivity contribution in [2.24, 2.45) is 11.8 Å². The lowest BCUT2D eigenvalue weighted by Gasteiger charge is -2.23. The maximum absolute atomic E-state index is 12.8. The summed E-state index contributed by atoms with van der Waals surface area (Å²) in [5.74, 6) is 1.12. The molecular weight excluding hydrogens is 360 g/mol. The molecule has 0 radical (unpaired) electrons. The van der Waals surface area contributed by atoms with Gasteiger partial charge >= 0.3 is 0 Å². The maximum Gasteiger partial charge on any atom is 0.251 e. The number of nitrogens with one attached hydrogen (secondary N) is 1. The van der Waals surface area contributed by atoms with Crippen LogP contribution in [0.3, 0.4) is 0 Å². The van der Waals surface area contributed by atoms with Crippen molar-refractivity contribution in [3.05, 3.63) is 28.8 Å². The molecule has 1 N–H and O–H groups in total. The molecule has 2 saturated carbocycles. The number of nitrogens with zero attached hydrogens (tertiary/aromatic N) is 1. The summed E-state index contributed by atoms with van der Waals surface area (Å²) in [6, 6.07) is 4.77. The van der Waals surface area contributed by atoms with Crippen LogP contribution in [-0.2, 0) is 10.0 Å². The van der Waals surface area contributed by atoms with E-state index in [1.807, 2.05) is 0 Å². The van der Waals surface area contributed by atoms with Crippen molar-refractivity contribution in [1.82, 2.24) is 9.62 Å². The van der Waals surface area contributed by atoms with Gasteiger partial charge in [-0.1, -0.05) is 18.0 Å². The van der Waals surface area contributed by atoms with E-state index in [0.717, 1.165) is 25.2 Å². The second kappa shape index (κ2) is 6.56. The highest BCUT2D eigenvalue weighted by Crippen LogP contribution is 2.44. The van der Waals surface area contributed by atoms with Gasteiger partial charge in [-0.3, -0.25) is 4.79 Å². The minimum atomic E-state index is -3.64. The highest BCUT2D eigenvalue weighted by Gasteiger charge is 2.40. The molecule has 4 rings (SSSR count). The second-order valence-electron chi connectivity index (χ2n) is 7.51. The average Bonchev–Trinajstić information content (AvgIpc) is 3.33. The minimum Gasteiger partial charge on any atom is -0.349 e. The fourth-order valence-electron chi connectivity index (χ4n) is 4.58. The number of rotatable bonds is 4. The van der Waals surface area contributed by atoms with Crippen molar-refractivity contribution in [1.29, 1.82) is 0 Å². The van der Waals surface area contributed by atoms with Crippen LogP contribution in [0.2, 0.25) is 5.02 Å². The number of amides is 1. The van der Waals surface area contributed by atoms with Crippen LogP contribution < -0.4 is 5.32 Å². The zero-order valence-corrected chi connectivity index (χ0v) is 15.7. The molecule has 2 bridgehead atoms. The van der Waals surface area contributed by atoms with Crippen molar-refractivity contribution >= 4 is 27.5 Å². The Labute approximate surface area is 153 Å². The normalized spacial score (nSPS) is 29.2. The Hall–Kier alpha value is -1.11. The summed E-state index contributed by atoms with van der Waals surface area (Å²) < 4.78 is 27.0. The Kier molecular flexibility index (Phi) is 4.54. The number of carbonyl (C=O) groups excluding carboxylic acids is 1. The molecule has 0 aromatic heterocycles. The summed E-state index contributed by atoms with van der Waals surface area (Å²) in [6.07, 6.45) is 6.44. The van der Waals surface area contributed by atoms with Gasteiger partial charge in [0.1, 0.15) is 4.90 Å². The maximum atomic E-state index is 12.8. The summed E-state index contributed by atoms with van der Waals surface area (Å²) in [4.78, 5) is 12.7. The SMILES string of the molecule is O=C(N[C@@H]1C[C@@H]2CC[C@@H]1C2)c1ccc(Cl)c(S(=O)(=O)N2CCCC2)c1. The molecule has 3 aliphatic rings. The third-order valence-corrected chi connectivity index (χ3v) is 8.31. The van der Waals surface area contributed by atoms with E-state index in [2.05, 4.69) is 5.32 Å². The van der Waals surface area contributed by atoms with E-state index in [4.69, 9.17) is 11.6 Å². The lowest BCUT2D eigenvalue weighted by molar-refractivity contribution is 0.0922. The molecule has 25 heavy (non-hydrogen) atoms. The minimum absolute atomic E-state index is 0.0386. The lowest BCUT2D eigenvalue weighted by Crippen LogP contribution is -2.38. The van der Waals surface area contributed by atoms with Gasteiger partial charge in [0.15, 0.2) is 0 Å². The van der Waals surface area contributed by atoms with Gasteiger partial charge in [-0.25, -0.2) is 8.42 Å². The Morgan fingerprint density at radius 1 is 1.16 bits per heavy atom. The Morgan fingerprint density at radius 3 is 2.56 bits per heavy atom. The molecule has 1 aromatic rings. The van der Waals surface area contributed by atoms with E-state index >= 15 is 0 Å². The molecule has 5 nitrogen and oxygen atoms in total. The third-order valence-electron chi connectivity index (χ3n) is 5.93. The van der Waals surface area contributed by atoms with Gasteiger partial charge in [-0.15, -0.1) is 0 Å². The van der Waals surface area contributed by atoms with E-state index in [-0.39, 0.29) is 21.9 Å². The van der Waals surface area contributed by atoms with E-state index in [1.165, 1.54) is 35.7 Å². The molecule has 3 fully saturated rings. The topological polar surface area (TPSA) is 66.5 Å². The van der Waals surface area contributed by atoms with Crippen molar-refractivity contribution in [3.63, 3.8) is 0 Å². The molecule has 1 heterocycles. The van der Waals surface area contributed by atoms with Gasteiger partial charge in [0, 0.05) is 24.7 Å². The fourth-order valence-corrected chi connectivity index (χ4v) is 6.60. The Balaban J connectivity index is 1.55. The predicted molar refractivity (Wildman–Crippen MR) is 96.1 cm³/mol. The monoisotopic (exact) mass is 382 g/mol. The molecule has 1 saturated heterocycles. The van der Waals surface area contributed by atoms with Crippen LogP contribution in [0.25, 0.3) is 0 Å². The highest BCUT2D eigenvalue weighted by atomic mass is 35.5. The molecule has 0 spiro atoms. The van der Waals surface area contributed by atoms with E-state index in [9.17, 15) is 13.2 Å². The average molecular weight is 383 g/mol. The summed E-state index contributed by atoms with van der Waals surface area (Å²) in [5, 5.41) is 3.27. The van der Waals surface area contributed by atoms with Crippen LogP contribution in [0.4, 0.5) is 0 Å². The Bertz CT molecular complexity index is 790. The van der Waals surface area contributed by atoms with Crippen LogP contribution in [0.1, 0.15) is 48.9 Å². The molecule has 2 aliphatic carbocycles. The molecule has 1 aromatic carbocycles. The zero-order chi connectivity index (χ0) is 17.6. The molecule has 3 atom stereocenters. The number of halogens is 1. The molecule has 1 aliphatic heterocycles. The first-order valence-electron chi connectivity index (χ1n) is 9.06. The van der Waals surface area contributed by atoms with Crippen molar-refractivity contribution in [3.8, 4) is 0 Å². The number of hydrogen-bond acceptors (Lipinski definition) is 3.